The van der Waals surface area contributed by atoms with Crippen molar-refractivity contribution < 1.29 is 4.79 Å². The van der Waals surface area contributed by atoms with Gasteiger partial charge in [0.15, 0.2) is 0 Å². The van der Waals surface area contributed by atoms with Crippen molar-refractivity contribution in [2.24, 2.45) is 0 Å². The summed E-state index contributed by atoms with van der Waals surface area (Å²) >= 11 is 7.53. The number of anilines is 1. The van der Waals surface area contributed by atoms with Crippen molar-refractivity contribution >= 4 is 50.8 Å². The van der Waals surface area contributed by atoms with E-state index in [0.717, 1.165) is 15.2 Å². The summed E-state index contributed by atoms with van der Waals surface area (Å²) < 4.78 is 1.10. The Labute approximate surface area is 130 Å². The van der Waals surface area contributed by atoms with Gasteiger partial charge >= 0.3 is 0 Å². The predicted molar refractivity (Wildman–Crippen MR) is 88.7 cm³/mol. The average Bonchev–Trinajstić information content (AvgIpc) is 2.90. The molecular weight excluding hydrogens is 304 g/mol. The van der Waals surface area contributed by atoms with Gasteiger partial charge in [-0.25, -0.2) is 4.98 Å². The Bertz CT molecular complexity index is 793. The number of thiazole rings is 1. The van der Waals surface area contributed by atoms with Crippen LogP contribution < -0.4 is 5.32 Å². The van der Waals surface area contributed by atoms with Crippen LogP contribution in [0, 0.1) is 0 Å². The van der Waals surface area contributed by atoms with Crippen molar-refractivity contribution in [3.05, 3.63) is 64.6 Å². The van der Waals surface area contributed by atoms with Gasteiger partial charge in [0, 0.05) is 6.08 Å². The number of rotatable bonds is 3. The van der Waals surface area contributed by atoms with E-state index in [4.69, 9.17) is 11.6 Å². The summed E-state index contributed by atoms with van der Waals surface area (Å²) in [6.45, 7) is 0. The Morgan fingerprint density at radius 1 is 1.14 bits per heavy atom. The quantitative estimate of drug-likeness (QED) is 0.718. The molecule has 1 amide bonds. The second-order valence-corrected chi connectivity index (χ2v) is 5.79. The van der Waals surface area contributed by atoms with E-state index in [0.29, 0.717) is 10.7 Å². The van der Waals surface area contributed by atoms with E-state index < -0.39 is 0 Å². The molecule has 0 radical (unpaired) electrons. The van der Waals surface area contributed by atoms with Crippen LogP contribution in [0.4, 0.5) is 5.69 Å². The molecule has 3 nitrogen and oxygen atoms in total. The molecular formula is C16H11ClN2OS. The smallest absolute Gasteiger partial charge is 0.248 e. The van der Waals surface area contributed by atoms with Crippen LogP contribution in [-0.4, -0.2) is 10.9 Å². The second-order valence-electron chi connectivity index (χ2n) is 4.32. The summed E-state index contributed by atoms with van der Waals surface area (Å²) in [5, 5.41) is 4.04. The number of aromatic nitrogens is 1. The van der Waals surface area contributed by atoms with Crippen LogP contribution in [0.2, 0.25) is 5.02 Å². The maximum Gasteiger partial charge on any atom is 0.248 e. The fourth-order valence-corrected chi connectivity index (χ4v) is 2.90. The Hall–Kier alpha value is -2.17. The van der Waals surface area contributed by atoms with E-state index in [1.54, 1.807) is 29.5 Å². The van der Waals surface area contributed by atoms with Crippen molar-refractivity contribution in [1.82, 2.24) is 4.98 Å². The van der Waals surface area contributed by atoms with E-state index in [-0.39, 0.29) is 5.91 Å². The topological polar surface area (TPSA) is 42.0 Å². The third-order valence-corrected chi connectivity index (χ3v) is 4.15. The van der Waals surface area contributed by atoms with Crippen LogP contribution in [0.1, 0.15) is 5.01 Å². The molecule has 0 aliphatic heterocycles. The molecule has 0 saturated heterocycles. The van der Waals surface area contributed by atoms with Gasteiger partial charge < -0.3 is 5.32 Å². The van der Waals surface area contributed by atoms with Gasteiger partial charge in [-0.1, -0.05) is 35.9 Å². The van der Waals surface area contributed by atoms with Gasteiger partial charge in [-0.05, 0) is 30.3 Å². The fraction of sp³-hybridized carbons (Fsp3) is 0. The first-order valence-corrected chi connectivity index (χ1v) is 7.51. The molecule has 1 N–H and O–H groups in total. The van der Waals surface area contributed by atoms with Crippen LogP contribution in [0.15, 0.2) is 54.6 Å². The second kappa shape index (κ2) is 6.08. The van der Waals surface area contributed by atoms with Crippen LogP contribution >= 0.6 is 22.9 Å². The number of nitrogens with one attached hydrogen (secondary N) is 1. The number of carbonyl (C=O) groups excluding carboxylic acids is 1. The highest BCUT2D eigenvalue weighted by molar-refractivity contribution is 7.19. The maximum absolute atomic E-state index is 11.9. The van der Waals surface area contributed by atoms with Crippen molar-refractivity contribution in [2.45, 2.75) is 0 Å². The van der Waals surface area contributed by atoms with E-state index >= 15 is 0 Å². The molecule has 21 heavy (non-hydrogen) atoms. The minimum Gasteiger partial charge on any atom is -0.321 e. The zero-order valence-corrected chi connectivity index (χ0v) is 12.5. The summed E-state index contributed by atoms with van der Waals surface area (Å²) in [6, 6.07) is 15.0. The van der Waals surface area contributed by atoms with Gasteiger partial charge in [0.2, 0.25) is 5.91 Å². The fourth-order valence-electron chi connectivity index (χ4n) is 1.85. The first-order valence-electron chi connectivity index (χ1n) is 6.31. The molecule has 1 aromatic heterocycles. The lowest BCUT2D eigenvalue weighted by molar-refractivity contribution is -0.111. The first kappa shape index (κ1) is 13.8. The lowest BCUT2D eigenvalue weighted by atomic mass is 10.3. The lowest BCUT2D eigenvalue weighted by Gasteiger charge is -2.03. The first-order chi connectivity index (χ1) is 10.2. The molecule has 2 aromatic carbocycles. The number of benzene rings is 2. The summed E-state index contributed by atoms with van der Waals surface area (Å²) in [5.41, 5.74) is 1.53. The molecule has 3 rings (SSSR count). The number of hydrogen-bond acceptors (Lipinski definition) is 3. The Morgan fingerprint density at radius 3 is 2.71 bits per heavy atom. The van der Waals surface area contributed by atoms with Gasteiger partial charge in [-0.2, -0.15) is 0 Å². The monoisotopic (exact) mass is 314 g/mol. The highest BCUT2D eigenvalue weighted by Gasteiger charge is 2.03. The zero-order valence-electron chi connectivity index (χ0n) is 10.9. The summed E-state index contributed by atoms with van der Waals surface area (Å²) in [4.78, 5) is 16.3. The highest BCUT2D eigenvalue weighted by atomic mass is 35.5. The van der Waals surface area contributed by atoms with E-state index in [1.165, 1.54) is 6.08 Å². The lowest BCUT2D eigenvalue weighted by Crippen LogP contribution is -2.07. The van der Waals surface area contributed by atoms with Gasteiger partial charge in [-0.15, -0.1) is 11.3 Å². The molecule has 0 aliphatic rings. The molecule has 3 aromatic rings. The zero-order chi connectivity index (χ0) is 14.7. The van der Waals surface area contributed by atoms with Gasteiger partial charge in [0.1, 0.15) is 5.01 Å². The number of para-hydroxylation sites is 2. The minimum absolute atomic E-state index is 0.234. The molecule has 0 bridgehead atoms. The average molecular weight is 315 g/mol. The van der Waals surface area contributed by atoms with Crippen LogP contribution in [0.5, 0.6) is 0 Å². The summed E-state index contributed by atoms with van der Waals surface area (Å²) in [6.07, 6.45) is 3.16. The maximum atomic E-state index is 11.9. The van der Waals surface area contributed by atoms with E-state index in [1.807, 2.05) is 36.4 Å². The summed E-state index contributed by atoms with van der Waals surface area (Å²) in [7, 11) is 0. The highest BCUT2D eigenvalue weighted by Crippen LogP contribution is 2.23. The number of hydrogen-bond donors (Lipinski definition) is 1. The Morgan fingerprint density at radius 2 is 1.90 bits per heavy atom. The Kier molecular flexibility index (Phi) is 3.99. The van der Waals surface area contributed by atoms with Crippen LogP contribution in [0.3, 0.4) is 0 Å². The third kappa shape index (κ3) is 3.29. The summed E-state index contributed by atoms with van der Waals surface area (Å²) in [5.74, 6) is -0.234. The number of carbonyl (C=O) groups is 1. The molecule has 0 unspecified atom stereocenters. The molecule has 0 spiro atoms. The normalized spacial score (nSPS) is 11.1. The van der Waals surface area contributed by atoms with Crippen LogP contribution in [-0.2, 0) is 4.79 Å². The molecule has 104 valence electrons. The number of fused-ring (bicyclic) bond motifs is 1. The van der Waals surface area contributed by atoms with Gasteiger partial charge in [0.05, 0.1) is 20.9 Å². The van der Waals surface area contributed by atoms with E-state index in [9.17, 15) is 4.79 Å². The molecule has 1 heterocycles. The molecule has 0 aliphatic carbocycles. The number of nitrogens with zero attached hydrogens (tertiary/aromatic N) is 1. The van der Waals surface area contributed by atoms with E-state index in [2.05, 4.69) is 10.3 Å². The number of amides is 1. The van der Waals surface area contributed by atoms with Crippen LogP contribution in [0.25, 0.3) is 16.3 Å². The molecule has 5 heteroatoms. The van der Waals surface area contributed by atoms with Crippen molar-refractivity contribution in [2.75, 3.05) is 5.32 Å². The molecule has 0 atom stereocenters. The number of halogens is 1. The standard InChI is InChI=1S/C16H11ClN2OS/c17-11-5-1-2-6-12(11)18-15(20)9-10-16-19-13-7-3-4-8-14(13)21-16/h1-10H,(H,18,20)/b10-9+. The van der Waals surface area contributed by atoms with Crippen molar-refractivity contribution in [3.8, 4) is 0 Å². The predicted octanol–water partition coefficient (Wildman–Crippen LogP) is 4.60. The van der Waals surface area contributed by atoms with Gasteiger partial charge in [-0.3, -0.25) is 4.79 Å². The molecule has 0 fully saturated rings. The third-order valence-electron chi connectivity index (χ3n) is 2.82. The van der Waals surface area contributed by atoms with Gasteiger partial charge in [0.25, 0.3) is 0 Å². The SMILES string of the molecule is O=C(/C=C/c1nc2ccccc2s1)Nc1ccccc1Cl. The molecule has 0 saturated carbocycles. The van der Waals surface area contributed by atoms with Crippen molar-refractivity contribution in [1.29, 1.82) is 0 Å². The largest absolute Gasteiger partial charge is 0.321 e. The minimum atomic E-state index is -0.234. The van der Waals surface area contributed by atoms with Crippen molar-refractivity contribution in [3.63, 3.8) is 0 Å². The Balaban J connectivity index is 1.73.